The van der Waals surface area contributed by atoms with E-state index in [0.717, 1.165) is 0 Å². The van der Waals surface area contributed by atoms with Gasteiger partial charge in [-0.05, 0) is 117 Å². The quantitative estimate of drug-likeness (QED) is 0.161. The number of nitrogens with zero attached hydrogens (tertiary/aromatic N) is 2. The van der Waals surface area contributed by atoms with Crippen molar-refractivity contribution in [2.24, 2.45) is 0 Å². The van der Waals surface area contributed by atoms with Crippen LogP contribution in [-0.4, -0.2) is 0 Å². The molecule has 0 aliphatic carbocycles. The van der Waals surface area contributed by atoms with Crippen molar-refractivity contribution in [3.05, 3.63) is 192 Å². The Bertz CT molecular complexity index is 3400. The van der Waals surface area contributed by atoms with Gasteiger partial charge in [0.25, 0.3) is 0 Å². The van der Waals surface area contributed by atoms with E-state index in [1.165, 1.54) is 118 Å². The first-order chi connectivity index (χ1) is 29.2. The summed E-state index contributed by atoms with van der Waals surface area (Å²) in [4.78, 5) is 5.01. The normalized spacial score (nSPS) is 15.2. The molecule has 0 amide bonds. The zero-order valence-corrected chi connectivity index (χ0v) is 35.5. The van der Waals surface area contributed by atoms with Gasteiger partial charge in [-0.1, -0.05) is 125 Å². The minimum atomic E-state index is -0.153. The largest absolute Gasteiger partial charge is 0.310 e. The number of rotatable bonds is 2. The Hall–Kier alpha value is -6.46. The van der Waals surface area contributed by atoms with Crippen molar-refractivity contribution in [3.8, 4) is 0 Å². The molecule has 4 heterocycles. The summed E-state index contributed by atoms with van der Waals surface area (Å²) in [5.41, 5.74) is 12.5. The Kier molecular flexibility index (Phi) is 6.92. The molecule has 0 saturated heterocycles. The predicted octanol–water partition coefficient (Wildman–Crippen LogP) is 16.9. The highest BCUT2D eigenvalue weighted by molar-refractivity contribution is 7.26. The van der Waals surface area contributed by atoms with Crippen LogP contribution >= 0.6 is 22.7 Å². The van der Waals surface area contributed by atoms with E-state index in [9.17, 15) is 0 Å². The van der Waals surface area contributed by atoms with Gasteiger partial charge in [-0.25, -0.2) is 0 Å². The van der Waals surface area contributed by atoms with E-state index in [1.807, 2.05) is 22.7 Å². The molecule has 0 N–H and O–H groups in total. The minimum absolute atomic E-state index is 0.153. The molecule has 60 heavy (non-hydrogen) atoms. The number of hydrogen-bond donors (Lipinski definition) is 0. The van der Waals surface area contributed by atoms with Gasteiger partial charge < -0.3 is 9.80 Å². The maximum atomic E-state index is 2.51. The molecule has 2 aliphatic rings. The summed E-state index contributed by atoms with van der Waals surface area (Å²) >= 11 is 3.78. The van der Waals surface area contributed by atoms with Crippen LogP contribution in [0.2, 0.25) is 0 Å². The molecule has 2 aliphatic heterocycles. The molecule has 0 radical (unpaired) electrons. The van der Waals surface area contributed by atoms with Crippen molar-refractivity contribution >= 4 is 119 Å². The SMILES string of the molecule is CC1(C)c2ccccc2N(c2ccc3c(ccc4cc(N5c6ccccc6C(C)(C)c6cc7c(cc65)sc5ccccc57)ccc43)c2)c2cc3sc4ccccc4c3cc21. The molecule has 9 aromatic carbocycles. The lowest BCUT2D eigenvalue weighted by Gasteiger charge is -2.42. The van der Waals surface area contributed by atoms with E-state index >= 15 is 0 Å². The standard InChI is InChI=1S/C56H40N2S2/c1-55(2)43-15-7-9-17-47(43)57(49-31-53-41(29-45(49)55)39-13-5-11-19-51(39)59-53)35-23-25-37-33(27-35)21-22-34-28-36(24-26-38(34)37)58-48-18-10-8-16-44(48)56(3,4)46-30-42-40-14-6-12-20-52(40)60-54(42)32-50(46)58/h5-32H,1-4H3. The first-order valence-corrected chi connectivity index (χ1v) is 22.5. The Morgan fingerprint density at radius 3 is 1.20 bits per heavy atom. The van der Waals surface area contributed by atoms with Gasteiger partial charge in [0, 0.05) is 62.5 Å². The molecule has 2 nitrogen and oxygen atoms in total. The maximum absolute atomic E-state index is 2.51. The van der Waals surface area contributed by atoms with Gasteiger partial charge in [-0.15, -0.1) is 22.7 Å². The summed E-state index contributed by atoms with van der Waals surface area (Å²) in [7, 11) is 0. The van der Waals surface area contributed by atoms with Crippen LogP contribution in [0.15, 0.2) is 170 Å². The topological polar surface area (TPSA) is 6.48 Å². The predicted molar refractivity (Wildman–Crippen MR) is 261 cm³/mol. The van der Waals surface area contributed by atoms with Crippen LogP contribution in [0, 0.1) is 0 Å². The number of thiophene rings is 2. The maximum Gasteiger partial charge on any atom is 0.0517 e. The van der Waals surface area contributed by atoms with Gasteiger partial charge in [0.2, 0.25) is 0 Å². The third-order valence-electron chi connectivity index (χ3n) is 13.8. The highest BCUT2D eigenvalue weighted by Crippen LogP contribution is 2.56. The zero-order chi connectivity index (χ0) is 40.1. The molecule has 2 aromatic heterocycles. The summed E-state index contributed by atoms with van der Waals surface area (Å²) in [5.74, 6) is 0. The summed E-state index contributed by atoms with van der Waals surface area (Å²) in [5, 5.41) is 10.4. The molecular formula is C56H40N2S2. The van der Waals surface area contributed by atoms with E-state index in [0.29, 0.717) is 0 Å². The van der Waals surface area contributed by atoms with Gasteiger partial charge in [0.15, 0.2) is 0 Å². The van der Waals surface area contributed by atoms with Crippen LogP contribution in [0.3, 0.4) is 0 Å². The summed E-state index contributed by atoms with van der Waals surface area (Å²) in [6, 6.07) is 64.3. The van der Waals surface area contributed by atoms with Crippen LogP contribution in [0.5, 0.6) is 0 Å². The second-order valence-corrected chi connectivity index (χ2v) is 19.9. The number of benzene rings is 9. The lowest BCUT2D eigenvalue weighted by atomic mass is 9.73. The average Bonchev–Trinajstić information content (AvgIpc) is 3.83. The fourth-order valence-electron chi connectivity index (χ4n) is 10.7. The van der Waals surface area contributed by atoms with Crippen molar-refractivity contribution in [1.82, 2.24) is 0 Å². The summed E-state index contributed by atoms with van der Waals surface area (Å²) < 4.78 is 5.33. The number of anilines is 6. The van der Waals surface area contributed by atoms with E-state index in [-0.39, 0.29) is 10.8 Å². The third-order valence-corrected chi connectivity index (χ3v) is 16.0. The fraction of sp³-hybridized carbons (Fsp3) is 0.107. The molecule has 0 atom stereocenters. The molecule has 286 valence electrons. The zero-order valence-electron chi connectivity index (χ0n) is 33.9. The van der Waals surface area contributed by atoms with Gasteiger partial charge in [0.05, 0.1) is 22.7 Å². The molecular weight excluding hydrogens is 765 g/mol. The third kappa shape index (κ3) is 4.63. The molecule has 0 unspecified atom stereocenters. The fourth-order valence-corrected chi connectivity index (χ4v) is 13.0. The van der Waals surface area contributed by atoms with E-state index in [2.05, 4.69) is 207 Å². The highest BCUT2D eigenvalue weighted by atomic mass is 32.1. The summed E-state index contributed by atoms with van der Waals surface area (Å²) in [6.07, 6.45) is 0. The highest BCUT2D eigenvalue weighted by Gasteiger charge is 2.39. The lowest BCUT2D eigenvalue weighted by molar-refractivity contribution is 0.633. The van der Waals surface area contributed by atoms with Crippen LogP contribution in [0.4, 0.5) is 34.1 Å². The van der Waals surface area contributed by atoms with Crippen LogP contribution in [-0.2, 0) is 10.8 Å². The van der Waals surface area contributed by atoms with Gasteiger partial charge >= 0.3 is 0 Å². The van der Waals surface area contributed by atoms with E-state index in [4.69, 9.17) is 0 Å². The van der Waals surface area contributed by atoms with Gasteiger partial charge in [-0.2, -0.15) is 0 Å². The van der Waals surface area contributed by atoms with E-state index < -0.39 is 0 Å². The second kappa shape index (κ2) is 12.1. The van der Waals surface area contributed by atoms with E-state index in [1.54, 1.807) is 0 Å². The Balaban J connectivity index is 0.962. The molecule has 0 bridgehead atoms. The van der Waals surface area contributed by atoms with Crippen LogP contribution in [0.1, 0.15) is 49.9 Å². The number of fused-ring (bicyclic) bond motifs is 13. The van der Waals surface area contributed by atoms with Crippen molar-refractivity contribution in [2.45, 2.75) is 38.5 Å². The number of para-hydroxylation sites is 2. The average molecular weight is 805 g/mol. The molecule has 4 heteroatoms. The lowest BCUT2D eigenvalue weighted by Crippen LogP contribution is -2.30. The Morgan fingerprint density at radius 2 is 0.733 bits per heavy atom. The summed E-state index contributed by atoms with van der Waals surface area (Å²) in [6.45, 7) is 9.54. The minimum Gasteiger partial charge on any atom is -0.310 e. The van der Waals surface area contributed by atoms with Crippen LogP contribution in [0.25, 0.3) is 61.9 Å². The van der Waals surface area contributed by atoms with Crippen LogP contribution < -0.4 is 9.80 Å². The molecule has 0 fully saturated rings. The van der Waals surface area contributed by atoms with Gasteiger partial charge in [-0.3, -0.25) is 0 Å². The van der Waals surface area contributed by atoms with Crippen molar-refractivity contribution in [3.63, 3.8) is 0 Å². The van der Waals surface area contributed by atoms with Gasteiger partial charge in [0.1, 0.15) is 0 Å². The second-order valence-electron chi connectivity index (χ2n) is 17.8. The Morgan fingerprint density at radius 1 is 0.317 bits per heavy atom. The Labute approximate surface area is 357 Å². The smallest absolute Gasteiger partial charge is 0.0517 e. The number of hydrogen-bond acceptors (Lipinski definition) is 4. The van der Waals surface area contributed by atoms with Crippen molar-refractivity contribution < 1.29 is 0 Å². The first-order valence-electron chi connectivity index (χ1n) is 20.9. The molecule has 13 rings (SSSR count). The molecule has 0 spiro atoms. The first kappa shape index (κ1) is 34.4. The van der Waals surface area contributed by atoms with Crippen molar-refractivity contribution in [2.75, 3.05) is 9.80 Å². The van der Waals surface area contributed by atoms with Crippen molar-refractivity contribution in [1.29, 1.82) is 0 Å². The molecule has 11 aromatic rings. The molecule has 0 saturated carbocycles. The monoisotopic (exact) mass is 804 g/mol.